The van der Waals surface area contributed by atoms with Crippen molar-refractivity contribution in [3.63, 3.8) is 0 Å². The van der Waals surface area contributed by atoms with Gasteiger partial charge >= 0.3 is 5.97 Å². The molecule has 6 nitrogen and oxygen atoms in total. The third-order valence-electron chi connectivity index (χ3n) is 3.26. The maximum absolute atomic E-state index is 11.9. The van der Waals surface area contributed by atoms with E-state index in [2.05, 4.69) is 5.32 Å². The number of nitrogens with zero attached hydrogens (tertiary/aromatic N) is 1. The summed E-state index contributed by atoms with van der Waals surface area (Å²) in [5.74, 6) is -0.388. The van der Waals surface area contributed by atoms with E-state index in [1.54, 1.807) is 23.1 Å². The topological polar surface area (TPSA) is 84.7 Å². The van der Waals surface area contributed by atoms with E-state index in [0.717, 1.165) is 0 Å². The second kappa shape index (κ2) is 8.14. The van der Waals surface area contributed by atoms with Crippen molar-refractivity contribution < 1.29 is 14.3 Å². The van der Waals surface area contributed by atoms with Crippen LogP contribution in [0.1, 0.15) is 30.6 Å². The van der Waals surface area contributed by atoms with E-state index in [-0.39, 0.29) is 5.91 Å². The van der Waals surface area contributed by atoms with E-state index >= 15 is 0 Å². The number of ether oxygens (including phenoxy) is 1. The minimum absolute atomic E-state index is 0.0709. The lowest BCUT2D eigenvalue weighted by atomic mass is 10.1. The van der Waals surface area contributed by atoms with Gasteiger partial charge in [-0.15, -0.1) is 0 Å². The van der Waals surface area contributed by atoms with Crippen molar-refractivity contribution >= 4 is 23.3 Å². The standard InChI is InChI=1S/C15H23N3O3/c1-4-18(5-2)13(19)9-10-17-14-11(15(20)21-3)7-6-8-12(14)16/h6-8,17H,4-5,9-10,16H2,1-3H3. The van der Waals surface area contributed by atoms with Gasteiger partial charge in [0.1, 0.15) is 0 Å². The Balaban J connectivity index is 2.71. The summed E-state index contributed by atoms with van der Waals surface area (Å²) in [6.45, 7) is 5.68. The monoisotopic (exact) mass is 293 g/mol. The van der Waals surface area contributed by atoms with Crippen molar-refractivity contribution in [2.75, 3.05) is 37.8 Å². The fourth-order valence-corrected chi connectivity index (χ4v) is 2.08. The van der Waals surface area contributed by atoms with E-state index in [0.29, 0.717) is 43.0 Å². The lowest BCUT2D eigenvalue weighted by molar-refractivity contribution is -0.130. The Kier molecular flexibility index (Phi) is 6.52. The predicted octanol–water partition coefficient (Wildman–Crippen LogP) is 1.73. The number of rotatable bonds is 7. The molecule has 1 amide bonds. The van der Waals surface area contributed by atoms with Crippen LogP contribution in [0, 0.1) is 0 Å². The molecule has 0 aromatic heterocycles. The summed E-state index contributed by atoms with van der Waals surface area (Å²) < 4.78 is 4.72. The van der Waals surface area contributed by atoms with E-state index < -0.39 is 5.97 Å². The number of hydrogen-bond acceptors (Lipinski definition) is 5. The number of nitrogens with two attached hydrogens (primary N) is 1. The van der Waals surface area contributed by atoms with Gasteiger partial charge in [0, 0.05) is 26.1 Å². The van der Waals surface area contributed by atoms with Gasteiger partial charge in [0.05, 0.1) is 24.0 Å². The summed E-state index contributed by atoms with van der Waals surface area (Å²) in [4.78, 5) is 25.4. The van der Waals surface area contributed by atoms with Crippen LogP contribution >= 0.6 is 0 Å². The molecule has 0 radical (unpaired) electrons. The maximum Gasteiger partial charge on any atom is 0.340 e. The molecule has 0 unspecified atom stereocenters. The summed E-state index contributed by atoms with van der Waals surface area (Å²) in [6.07, 6.45) is 0.344. The number of nitrogen functional groups attached to an aromatic ring is 1. The quantitative estimate of drug-likeness (QED) is 0.590. The number of amides is 1. The van der Waals surface area contributed by atoms with Crippen LogP contribution in [-0.4, -0.2) is 43.5 Å². The molecule has 1 aromatic carbocycles. The summed E-state index contributed by atoms with van der Waals surface area (Å²) >= 11 is 0. The second-order valence-corrected chi connectivity index (χ2v) is 4.50. The number of esters is 1. The van der Waals surface area contributed by atoms with Crippen molar-refractivity contribution in [1.82, 2.24) is 4.90 Å². The van der Waals surface area contributed by atoms with E-state index in [4.69, 9.17) is 10.5 Å². The van der Waals surface area contributed by atoms with E-state index in [1.807, 2.05) is 13.8 Å². The second-order valence-electron chi connectivity index (χ2n) is 4.50. The van der Waals surface area contributed by atoms with Gasteiger partial charge in [-0.2, -0.15) is 0 Å². The molecule has 0 fully saturated rings. The summed E-state index contributed by atoms with van der Waals surface area (Å²) in [7, 11) is 1.32. The van der Waals surface area contributed by atoms with Crippen molar-refractivity contribution in [2.24, 2.45) is 0 Å². The van der Waals surface area contributed by atoms with Crippen LogP contribution in [0.5, 0.6) is 0 Å². The summed E-state index contributed by atoms with van der Waals surface area (Å²) in [5.41, 5.74) is 7.21. The van der Waals surface area contributed by atoms with E-state index in [1.165, 1.54) is 7.11 Å². The SMILES string of the molecule is CCN(CC)C(=O)CCNc1c(N)cccc1C(=O)OC. The predicted molar refractivity (Wildman–Crippen MR) is 83.2 cm³/mol. The Hall–Kier alpha value is -2.24. The number of nitrogens with one attached hydrogen (secondary N) is 1. The lowest BCUT2D eigenvalue weighted by Gasteiger charge is -2.19. The number of anilines is 2. The maximum atomic E-state index is 11.9. The van der Waals surface area contributed by atoms with Gasteiger partial charge in [-0.1, -0.05) is 6.07 Å². The number of benzene rings is 1. The zero-order valence-corrected chi connectivity index (χ0v) is 12.8. The minimum Gasteiger partial charge on any atom is -0.465 e. The summed E-state index contributed by atoms with van der Waals surface area (Å²) in [6, 6.07) is 5.02. The first-order valence-electron chi connectivity index (χ1n) is 7.03. The van der Waals surface area contributed by atoms with Gasteiger partial charge in [-0.25, -0.2) is 4.79 Å². The smallest absolute Gasteiger partial charge is 0.340 e. The van der Waals surface area contributed by atoms with Gasteiger partial charge in [0.15, 0.2) is 0 Å². The molecule has 6 heteroatoms. The molecule has 0 aliphatic heterocycles. The zero-order chi connectivity index (χ0) is 15.8. The molecule has 0 bridgehead atoms. The molecule has 0 heterocycles. The van der Waals surface area contributed by atoms with Gasteiger partial charge in [-0.3, -0.25) is 4.79 Å². The molecule has 1 aromatic rings. The summed E-state index contributed by atoms with van der Waals surface area (Å²) in [5, 5.41) is 3.06. The highest BCUT2D eigenvalue weighted by atomic mass is 16.5. The van der Waals surface area contributed by atoms with Crippen LogP contribution in [-0.2, 0) is 9.53 Å². The van der Waals surface area contributed by atoms with Crippen LogP contribution in [0.15, 0.2) is 18.2 Å². The Morgan fingerprint density at radius 3 is 2.52 bits per heavy atom. The number of carbonyl (C=O) groups is 2. The van der Waals surface area contributed by atoms with Crippen molar-refractivity contribution in [2.45, 2.75) is 20.3 Å². The largest absolute Gasteiger partial charge is 0.465 e. The van der Waals surface area contributed by atoms with Gasteiger partial charge in [-0.05, 0) is 26.0 Å². The number of para-hydroxylation sites is 1. The Morgan fingerprint density at radius 2 is 1.95 bits per heavy atom. The highest BCUT2D eigenvalue weighted by molar-refractivity contribution is 5.98. The Labute approximate surface area is 125 Å². The molecule has 3 N–H and O–H groups in total. The first kappa shape index (κ1) is 16.8. The van der Waals surface area contributed by atoms with Crippen LogP contribution < -0.4 is 11.1 Å². The third kappa shape index (κ3) is 4.37. The van der Waals surface area contributed by atoms with Gasteiger partial charge in [0.25, 0.3) is 0 Å². The molecular weight excluding hydrogens is 270 g/mol. The molecular formula is C15H23N3O3. The molecule has 1 rings (SSSR count). The molecule has 0 atom stereocenters. The first-order valence-corrected chi connectivity index (χ1v) is 7.03. The molecule has 116 valence electrons. The average molecular weight is 293 g/mol. The highest BCUT2D eigenvalue weighted by Gasteiger charge is 2.15. The van der Waals surface area contributed by atoms with Crippen molar-refractivity contribution in [3.8, 4) is 0 Å². The first-order chi connectivity index (χ1) is 10.0. The van der Waals surface area contributed by atoms with Crippen molar-refractivity contribution in [1.29, 1.82) is 0 Å². The Morgan fingerprint density at radius 1 is 1.29 bits per heavy atom. The highest BCUT2D eigenvalue weighted by Crippen LogP contribution is 2.24. The molecule has 0 aliphatic rings. The molecule has 0 saturated carbocycles. The normalized spacial score (nSPS) is 10.0. The van der Waals surface area contributed by atoms with Crippen LogP contribution in [0.25, 0.3) is 0 Å². The fraction of sp³-hybridized carbons (Fsp3) is 0.467. The van der Waals surface area contributed by atoms with E-state index in [9.17, 15) is 9.59 Å². The van der Waals surface area contributed by atoms with Crippen LogP contribution in [0.3, 0.4) is 0 Å². The lowest BCUT2D eigenvalue weighted by Crippen LogP contribution is -2.31. The zero-order valence-electron chi connectivity index (χ0n) is 12.8. The molecule has 0 saturated heterocycles. The van der Waals surface area contributed by atoms with Gasteiger partial charge in [0.2, 0.25) is 5.91 Å². The number of carbonyl (C=O) groups excluding carboxylic acids is 2. The average Bonchev–Trinajstić information content (AvgIpc) is 2.49. The molecule has 21 heavy (non-hydrogen) atoms. The molecule has 0 aliphatic carbocycles. The fourth-order valence-electron chi connectivity index (χ4n) is 2.08. The van der Waals surface area contributed by atoms with Crippen LogP contribution in [0.4, 0.5) is 11.4 Å². The van der Waals surface area contributed by atoms with Crippen LogP contribution in [0.2, 0.25) is 0 Å². The van der Waals surface area contributed by atoms with Crippen molar-refractivity contribution in [3.05, 3.63) is 23.8 Å². The third-order valence-corrected chi connectivity index (χ3v) is 3.26. The van der Waals surface area contributed by atoms with Gasteiger partial charge < -0.3 is 20.7 Å². The minimum atomic E-state index is -0.458. The molecule has 0 spiro atoms. The Bertz CT molecular complexity index is 499. The number of methoxy groups -OCH3 is 1. The number of hydrogen-bond donors (Lipinski definition) is 2.